The number of rotatable bonds is 10. The maximum absolute atomic E-state index is 13.7. The number of nitrogens with two attached hydrogens (primary N) is 1. The van der Waals surface area contributed by atoms with Gasteiger partial charge in [0.2, 0.25) is 6.29 Å². The van der Waals surface area contributed by atoms with E-state index in [1.807, 2.05) is 0 Å². The summed E-state index contributed by atoms with van der Waals surface area (Å²) in [6, 6.07) is 17.3. The van der Waals surface area contributed by atoms with Gasteiger partial charge in [0, 0.05) is 16.8 Å². The molecule has 41 heavy (non-hydrogen) atoms. The second-order valence-corrected chi connectivity index (χ2v) is 9.26. The molecular formula is C28H30N4O9. The zero-order chi connectivity index (χ0) is 29.7. The van der Waals surface area contributed by atoms with E-state index in [9.17, 15) is 35.1 Å². The molecule has 1 fully saturated rings. The largest absolute Gasteiger partial charge is 0.478 e. The second-order valence-electron chi connectivity index (χ2n) is 9.26. The highest BCUT2D eigenvalue weighted by atomic mass is 16.7. The summed E-state index contributed by atoms with van der Waals surface area (Å²) in [5.41, 5.74) is 6.54. The molecule has 0 spiro atoms. The molecule has 13 heteroatoms. The van der Waals surface area contributed by atoms with Gasteiger partial charge in [-0.1, -0.05) is 42.5 Å². The van der Waals surface area contributed by atoms with Gasteiger partial charge < -0.3 is 51.4 Å². The van der Waals surface area contributed by atoms with Crippen LogP contribution in [0.15, 0.2) is 72.8 Å². The number of aliphatic hydroxyl groups excluding tert-OH is 4. The Bertz CT molecular complexity index is 1420. The van der Waals surface area contributed by atoms with Crippen molar-refractivity contribution in [1.29, 1.82) is 5.41 Å². The molecule has 0 radical (unpaired) electrons. The number of hydrogen-bond donors (Lipinski definition) is 9. The van der Waals surface area contributed by atoms with Gasteiger partial charge in [0.1, 0.15) is 42.0 Å². The van der Waals surface area contributed by atoms with Crippen LogP contribution >= 0.6 is 0 Å². The van der Waals surface area contributed by atoms with Crippen LogP contribution in [0.2, 0.25) is 0 Å². The summed E-state index contributed by atoms with van der Waals surface area (Å²) >= 11 is 0. The number of carbonyl (C=O) groups excluding carboxylic acids is 1. The van der Waals surface area contributed by atoms with Crippen molar-refractivity contribution in [3.8, 4) is 5.75 Å². The minimum atomic E-state index is -1.70. The van der Waals surface area contributed by atoms with E-state index in [1.165, 1.54) is 24.3 Å². The summed E-state index contributed by atoms with van der Waals surface area (Å²) in [5.74, 6) is -2.09. The SMILES string of the molecule is N=C(N)c1cccc(NC(C(=O)Nc2ccccc2C(=O)O)c2ccccc2OC2OC(CO)C(O)C(O)C2O)c1. The van der Waals surface area contributed by atoms with Gasteiger partial charge in [-0.05, 0) is 30.3 Å². The van der Waals surface area contributed by atoms with Crippen LogP contribution in [0.4, 0.5) is 11.4 Å². The lowest BCUT2D eigenvalue weighted by molar-refractivity contribution is -0.277. The third-order valence-electron chi connectivity index (χ3n) is 6.48. The number of aliphatic hydroxyl groups is 4. The van der Waals surface area contributed by atoms with E-state index in [0.717, 1.165) is 0 Å². The molecule has 1 amide bonds. The Morgan fingerprint density at radius 3 is 2.39 bits per heavy atom. The molecular weight excluding hydrogens is 536 g/mol. The molecule has 3 aromatic rings. The second kappa shape index (κ2) is 12.8. The molecule has 6 atom stereocenters. The first-order valence-corrected chi connectivity index (χ1v) is 12.5. The van der Waals surface area contributed by atoms with Crippen LogP contribution in [-0.2, 0) is 9.53 Å². The molecule has 1 heterocycles. The van der Waals surface area contributed by atoms with Crippen molar-refractivity contribution in [2.75, 3.05) is 17.2 Å². The average Bonchev–Trinajstić information content (AvgIpc) is 2.96. The number of aromatic carboxylic acids is 1. The Kier molecular flexibility index (Phi) is 9.17. The van der Waals surface area contributed by atoms with E-state index in [-0.39, 0.29) is 28.4 Å². The lowest BCUT2D eigenvalue weighted by Crippen LogP contribution is -2.60. The number of ether oxygens (including phenoxy) is 2. The maximum atomic E-state index is 13.7. The molecule has 216 valence electrons. The van der Waals surface area contributed by atoms with E-state index in [0.29, 0.717) is 11.3 Å². The van der Waals surface area contributed by atoms with Gasteiger partial charge in [-0.25, -0.2) is 4.79 Å². The summed E-state index contributed by atoms with van der Waals surface area (Å²) in [6.07, 6.45) is -7.71. The van der Waals surface area contributed by atoms with Crippen molar-refractivity contribution in [2.45, 2.75) is 36.7 Å². The van der Waals surface area contributed by atoms with Gasteiger partial charge in [-0.2, -0.15) is 0 Å². The third-order valence-corrected chi connectivity index (χ3v) is 6.48. The Morgan fingerprint density at radius 2 is 1.68 bits per heavy atom. The first-order chi connectivity index (χ1) is 19.6. The molecule has 10 N–H and O–H groups in total. The van der Waals surface area contributed by atoms with Crippen LogP contribution < -0.4 is 21.1 Å². The van der Waals surface area contributed by atoms with Crippen LogP contribution in [0.3, 0.4) is 0 Å². The van der Waals surface area contributed by atoms with Crippen molar-refractivity contribution in [1.82, 2.24) is 0 Å². The summed E-state index contributed by atoms with van der Waals surface area (Å²) in [4.78, 5) is 25.5. The number of carbonyl (C=O) groups is 2. The van der Waals surface area contributed by atoms with Crippen LogP contribution in [0.1, 0.15) is 27.5 Å². The van der Waals surface area contributed by atoms with Gasteiger partial charge in [0.15, 0.2) is 0 Å². The number of amidine groups is 1. The molecule has 0 aliphatic carbocycles. The lowest BCUT2D eigenvalue weighted by Gasteiger charge is -2.39. The van der Waals surface area contributed by atoms with Gasteiger partial charge in [-0.3, -0.25) is 10.2 Å². The van der Waals surface area contributed by atoms with Crippen LogP contribution in [0, 0.1) is 5.41 Å². The van der Waals surface area contributed by atoms with E-state index in [1.54, 1.807) is 48.5 Å². The lowest BCUT2D eigenvalue weighted by atomic mass is 9.99. The minimum absolute atomic E-state index is 0.0405. The van der Waals surface area contributed by atoms with E-state index in [4.69, 9.17) is 20.6 Å². The number of anilines is 2. The summed E-state index contributed by atoms with van der Waals surface area (Å²) in [7, 11) is 0. The first kappa shape index (κ1) is 29.5. The number of carboxylic acid groups (broad SMARTS) is 1. The van der Waals surface area contributed by atoms with Crippen molar-refractivity contribution < 1.29 is 44.6 Å². The molecule has 0 aromatic heterocycles. The molecule has 0 saturated carbocycles. The normalized spacial score (nSPS) is 22.8. The zero-order valence-electron chi connectivity index (χ0n) is 21.5. The third kappa shape index (κ3) is 6.62. The predicted octanol–water partition coefficient (Wildman–Crippen LogP) is 0.639. The average molecular weight is 567 g/mol. The van der Waals surface area contributed by atoms with Crippen LogP contribution in [0.5, 0.6) is 5.75 Å². The van der Waals surface area contributed by atoms with Gasteiger partial charge in [0.05, 0.1) is 17.9 Å². The number of amides is 1. The molecule has 1 aliphatic rings. The van der Waals surface area contributed by atoms with Gasteiger partial charge in [0.25, 0.3) is 5.91 Å². The monoisotopic (exact) mass is 566 g/mol. The fraction of sp³-hybridized carbons (Fsp3) is 0.250. The van der Waals surface area contributed by atoms with Crippen molar-refractivity contribution in [3.05, 3.63) is 89.5 Å². The minimum Gasteiger partial charge on any atom is -0.478 e. The zero-order valence-corrected chi connectivity index (χ0v) is 21.5. The number of benzene rings is 3. The Hall–Kier alpha value is -4.53. The van der Waals surface area contributed by atoms with Crippen molar-refractivity contribution in [2.24, 2.45) is 5.73 Å². The quantitative estimate of drug-likeness (QED) is 0.122. The van der Waals surface area contributed by atoms with Crippen molar-refractivity contribution in [3.63, 3.8) is 0 Å². The summed E-state index contributed by atoms with van der Waals surface area (Å²) in [5, 5.41) is 63.3. The number of hydrogen-bond acceptors (Lipinski definition) is 10. The standard InChI is InChI=1S/C28H30N4O9/c29-25(30)14-6-5-7-15(12-14)31-21(26(37)32-18-10-3-1-8-16(18)27(38)39)17-9-2-4-11-19(17)40-28-24(36)23(35)22(34)20(13-33)41-28/h1-12,20-24,28,31,33-36H,13H2,(H3,29,30)(H,32,37)(H,38,39). The number of nitrogens with one attached hydrogen (secondary N) is 3. The Morgan fingerprint density at radius 1 is 0.976 bits per heavy atom. The predicted molar refractivity (Wildman–Crippen MR) is 147 cm³/mol. The molecule has 4 rings (SSSR count). The highest BCUT2D eigenvalue weighted by Crippen LogP contribution is 2.33. The number of nitrogen functional groups attached to an aromatic ring is 1. The molecule has 6 unspecified atom stereocenters. The van der Waals surface area contributed by atoms with Gasteiger partial charge in [-0.15, -0.1) is 0 Å². The van der Waals surface area contributed by atoms with Crippen molar-refractivity contribution >= 4 is 29.1 Å². The summed E-state index contributed by atoms with van der Waals surface area (Å²) < 4.78 is 11.3. The maximum Gasteiger partial charge on any atom is 0.337 e. The molecule has 1 aliphatic heterocycles. The molecule has 3 aromatic carbocycles. The topological polar surface area (TPSA) is 228 Å². The first-order valence-electron chi connectivity index (χ1n) is 12.5. The van der Waals surface area contributed by atoms with E-state index < -0.39 is 55.2 Å². The Labute approximate surface area is 234 Å². The summed E-state index contributed by atoms with van der Waals surface area (Å²) in [6.45, 7) is -0.658. The Balaban J connectivity index is 1.72. The molecule has 13 nitrogen and oxygen atoms in total. The van der Waals surface area contributed by atoms with Gasteiger partial charge >= 0.3 is 5.97 Å². The highest BCUT2D eigenvalue weighted by molar-refractivity contribution is 6.03. The van der Waals surface area contributed by atoms with Crippen LogP contribution in [0.25, 0.3) is 0 Å². The van der Waals surface area contributed by atoms with E-state index in [2.05, 4.69) is 10.6 Å². The smallest absolute Gasteiger partial charge is 0.337 e. The molecule has 0 bridgehead atoms. The fourth-order valence-electron chi connectivity index (χ4n) is 4.33. The number of para-hydroxylation sites is 2. The highest BCUT2D eigenvalue weighted by Gasteiger charge is 2.45. The number of carboxylic acids is 1. The molecule has 1 saturated heterocycles. The van der Waals surface area contributed by atoms with Crippen LogP contribution in [-0.4, -0.2) is 80.6 Å². The van der Waals surface area contributed by atoms with E-state index >= 15 is 0 Å². The fourth-order valence-corrected chi connectivity index (χ4v) is 4.33.